The third kappa shape index (κ3) is 3.28. The van der Waals surface area contributed by atoms with Gasteiger partial charge in [0.2, 0.25) is 0 Å². The van der Waals surface area contributed by atoms with E-state index < -0.39 is 5.82 Å². The molecule has 2 rings (SSSR count). The van der Waals surface area contributed by atoms with E-state index in [9.17, 15) is 9.18 Å². The number of carbonyl (C=O) groups excluding carboxylic acids is 1. The maximum atomic E-state index is 13.6. The van der Waals surface area contributed by atoms with Gasteiger partial charge in [0.25, 0.3) is 5.91 Å². The van der Waals surface area contributed by atoms with Crippen molar-refractivity contribution < 1.29 is 9.18 Å². The van der Waals surface area contributed by atoms with Gasteiger partial charge >= 0.3 is 0 Å². The number of benzene rings is 1. The Labute approximate surface area is 119 Å². The zero-order chi connectivity index (χ0) is 14.9. The molecule has 0 bridgehead atoms. The van der Waals surface area contributed by atoms with Crippen LogP contribution in [0.3, 0.4) is 0 Å². The monoisotopic (exact) mass is 279 g/mol. The number of nitrogens with one attached hydrogen (secondary N) is 1. The van der Waals surface area contributed by atoms with Crippen molar-refractivity contribution in [2.24, 2.45) is 0 Å². The molecule has 1 aliphatic carbocycles. The lowest BCUT2D eigenvalue weighted by molar-refractivity contribution is 0.0939. The number of carbonyl (C=O) groups is 1. The molecule has 5 heteroatoms. The van der Waals surface area contributed by atoms with Gasteiger partial charge in [-0.2, -0.15) is 0 Å². The Kier molecular flexibility index (Phi) is 4.28. The molecular weight excluding hydrogens is 257 g/mol. The molecule has 110 valence electrons. The van der Waals surface area contributed by atoms with Crippen LogP contribution < -0.4 is 11.1 Å². The molecule has 0 aliphatic heterocycles. The van der Waals surface area contributed by atoms with E-state index in [0.717, 1.165) is 0 Å². The predicted molar refractivity (Wildman–Crippen MR) is 78.1 cm³/mol. The van der Waals surface area contributed by atoms with Gasteiger partial charge in [-0.05, 0) is 45.9 Å². The Morgan fingerprint density at radius 3 is 2.75 bits per heavy atom. The normalized spacial score (nSPS) is 16.2. The fourth-order valence-electron chi connectivity index (χ4n) is 2.16. The number of halogens is 1. The number of nitrogen functional groups attached to an aromatic ring is 1. The van der Waals surface area contributed by atoms with Crippen molar-refractivity contribution in [3.05, 3.63) is 29.1 Å². The van der Waals surface area contributed by atoms with Crippen molar-refractivity contribution in [3.8, 4) is 0 Å². The third-order valence-electron chi connectivity index (χ3n) is 4.02. The van der Waals surface area contributed by atoms with Gasteiger partial charge < -0.3 is 11.1 Å². The minimum absolute atomic E-state index is 0.263. The van der Waals surface area contributed by atoms with Crippen LogP contribution in [0.15, 0.2) is 12.1 Å². The second-order valence-electron chi connectivity index (χ2n) is 5.63. The molecule has 3 N–H and O–H groups in total. The van der Waals surface area contributed by atoms with Gasteiger partial charge in [0.1, 0.15) is 5.82 Å². The number of rotatable bonds is 5. The highest BCUT2D eigenvalue weighted by Crippen LogP contribution is 2.26. The lowest BCUT2D eigenvalue weighted by atomic mass is 10.1. The number of hydrogen-bond donors (Lipinski definition) is 2. The van der Waals surface area contributed by atoms with E-state index in [4.69, 9.17) is 5.73 Å². The SMILES string of the molecule is Cc1c(N)cc(C(=O)NCC(C)N(C)C2CC2)cc1F. The molecule has 1 aromatic rings. The fourth-order valence-corrected chi connectivity index (χ4v) is 2.16. The molecule has 1 saturated carbocycles. The standard InChI is InChI=1S/C15H22FN3O/c1-9(19(3)12-4-5-12)8-18-15(20)11-6-13(16)10(2)14(17)7-11/h6-7,9,12H,4-5,8,17H2,1-3H3,(H,18,20). The van der Waals surface area contributed by atoms with Crippen LogP contribution in [0.4, 0.5) is 10.1 Å². The van der Waals surface area contributed by atoms with Gasteiger partial charge in [-0.25, -0.2) is 4.39 Å². The highest BCUT2D eigenvalue weighted by atomic mass is 19.1. The summed E-state index contributed by atoms with van der Waals surface area (Å²) in [5, 5.41) is 2.83. The van der Waals surface area contributed by atoms with Crippen LogP contribution in [0.5, 0.6) is 0 Å². The number of anilines is 1. The van der Waals surface area contributed by atoms with Crippen molar-refractivity contribution >= 4 is 11.6 Å². The van der Waals surface area contributed by atoms with E-state index in [2.05, 4.69) is 24.2 Å². The summed E-state index contributed by atoms with van der Waals surface area (Å²) >= 11 is 0. The molecule has 0 saturated heterocycles. The third-order valence-corrected chi connectivity index (χ3v) is 4.02. The van der Waals surface area contributed by atoms with E-state index in [0.29, 0.717) is 23.8 Å². The molecule has 0 aromatic heterocycles. The smallest absolute Gasteiger partial charge is 0.251 e. The first kappa shape index (κ1) is 14.8. The lowest BCUT2D eigenvalue weighted by Crippen LogP contribution is -2.41. The number of amides is 1. The van der Waals surface area contributed by atoms with Crippen LogP contribution in [-0.4, -0.2) is 36.5 Å². The summed E-state index contributed by atoms with van der Waals surface area (Å²) in [6, 6.07) is 3.66. The molecule has 1 amide bonds. The van der Waals surface area contributed by atoms with Crippen molar-refractivity contribution in [1.82, 2.24) is 10.2 Å². The van der Waals surface area contributed by atoms with Gasteiger partial charge in [-0.1, -0.05) is 0 Å². The summed E-state index contributed by atoms with van der Waals surface area (Å²) in [7, 11) is 2.07. The topological polar surface area (TPSA) is 58.4 Å². The first-order chi connectivity index (χ1) is 9.40. The quantitative estimate of drug-likeness (QED) is 0.810. The van der Waals surface area contributed by atoms with Gasteiger partial charge in [-0.15, -0.1) is 0 Å². The fraction of sp³-hybridized carbons (Fsp3) is 0.533. The second-order valence-corrected chi connectivity index (χ2v) is 5.63. The summed E-state index contributed by atoms with van der Waals surface area (Å²) < 4.78 is 13.6. The van der Waals surface area contributed by atoms with Crippen molar-refractivity contribution in [1.29, 1.82) is 0 Å². The van der Waals surface area contributed by atoms with Crippen molar-refractivity contribution in [2.75, 3.05) is 19.3 Å². The predicted octanol–water partition coefficient (Wildman–Crippen LogP) is 1.93. The maximum Gasteiger partial charge on any atom is 0.251 e. The molecule has 0 heterocycles. The molecule has 0 spiro atoms. The summed E-state index contributed by atoms with van der Waals surface area (Å²) in [5.41, 5.74) is 6.64. The average Bonchev–Trinajstić information content (AvgIpc) is 3.24. The first-order valence-corrected chi connectivity index (χ1v) is 6.96. The largest absolute Gasteiger partial charge is 0.398 e. The van der Waals surface area contributed by atoms with Gasteiger partial charge in [0, 0.05) is 35.4 Å². The van der Waals surface area contributed by atoms with Crippen LogP contribution in [0.1, 0.15) is 35.7 Å². The van der Waals surface area contributed by atoms with E-state index >= 15 is 0 Å². The summed E-state index contributed by atoms with van der Waals surface area (Å²) in [5.74, 6) is -0.732. The number of nitrogens with zero attached hydrogens (tertiary/aromatic N) is 1. The molecule has 1 aliphatic rings. The molecule has 0 radical (unpaired) electrons. The highest BCUT2D eigenvalue weighted by molar-refractivity contribution is 5.95. The Bertz CT molecular complexity index is 491. The highest BCUT2D eigenvalue weighted by Gasteiger charge is 2.29. The number of nitrogens with two attached hydrogens (primary N) is 1. The van der Waals surface area contributed by atoms with Crippen molar-refractivity contribution in [3.63, 3.8) is 0 Å². The lowest BCUT2D eigenvalue weighted by Gasteiger charge is -2.24. The number of likely N-dealkylation sites (N-methyl/N-ethyl adjacent to an activating group) is 1. The van der Waals surface area contributed by atoms with Crippen LogP contribution >= 0.6 is 0 Å². The van der Waals surface area contributed by atoms with Crippen LogP contribution in [0.2, 0.25) is 0 Å². The molecule has 20 heavy (non-hydrogen) atoms. The van der Waals surface area contributed by atoms with Crippen molar-refractivity contribution in [2.45, 2.75) is 38.8 Å². The Morgan fingerprint density at radius 2 is 2.20 bits per heavy atom. The Morgan fingerprint density at radius 1 is 1.55 bits per heavy atom. The Balaban J connectivity index is 1.94. The summed E-state index contributed by atoms with van der Waals surface area (Å²) in [4.78, 5) is 14.3. The molecular formula is C15H22FN3O. The number of hydrogen-bond acceptors (Lipinski definition) is 3. The maximum absolute atomic E-state index is 13.6. The van der Waals surface area contributed by atoms with E-state index in [1.807, 2.05) is 0 Å². The van der Waals surface area contributed by atoms with Crippen LogP contribution in [0.25, 0.3) is 0 Å². The molecule has 1 fully saturated rings. The minimum Gasteiger partial charge on any atom is -0.398 e. The van der Waals surface area contributed by atoms with E-state index in [-0.39, 0.29) is 17.5 Å². The minimum atomic E-state index is -0.446. The van der Waals surface area contributed by atoms with Gasteiger partial charge in [0.05, 0.1) is 0 Å². The average molecular weight is 279 g/mol. The molecule has 4 nitrogen and oxygen atoms in total. The van der Waals surface area contributed by atoms with Gasteiger partial charge in [0.15, 0.2) is 0 Å². The van der Waals surface area contributed by atoms with E-state index in [1.165, 1.54) is 25.0 Å². The summed E-state index contributed by atoms with van der Waals surface area (Å²) in [6.45, 7) is 4.21. The Hall–Kier alpha value is -1.62. The molecule has 1 aromatic carbocycles. The molecule has 1 unspecified atom stereocenters. The first-order valence-electron chi connectivity index (χ1n) is 6.96. The van der Waals surface area contributed by atoms with Gasteiger partial charge in [-0.3, -0.25) is 9.69 Å². The van der Waals surface area contributed by atoms with Crippen LogP contribution in [-0.2, 0) is 0 Å². The summed E-state index contributed by atoms with van der Waals surface area (Å²) in [6.07, 6.45) is 2.46. The zero-order valence-electron chi connectivity index (χ0n) is 12.2. The zero-order valence-corrected chi connectivity index (χ0v) is 12.2. The second kappa shape index (κ2) is 5.79. The molecule has 1 atom stereocenters. The van der Waals surface area contributed by atoms with Crippen LogP contribution in [0, 0.1) is 12.7 Å². The van der Waals surface area contributed by atoms with E-state index in [1.54, 1.807) is 6.92 Å².